The van der Waals surface area contributed by atoms with Crippen molar-refractivity contribution in [3.8, 4) is 0 Å². The summed E-state index contributed by atoms with van der Waals surface area (Å²) in [6.45, 7) is 3.29. The normalized spacial score (nSPS) is 26.6. The molecular weight excluding hydrogens is 200 g/mol. The van der Waals surface area contributed by atoms with E-state index in [1.807, 2.05) is 6.92 Å². The van der Waals surface area contributed by atoms with Crippen LogP contribution in [-0.4, -0.2) is 30.2 Å². The number of ether oxygens (including phenoxy) is 3. The molecule has 0 N–H and O–H groups in total. The highest BCUT2D eigenvalue weighted by molar-refractivity contribution is 7.80. The zero-order valence-corrected chi connectivity index (χ0v) is 9.27. The van der Waals surface area contributed by atoms with E-state index in [1.54, 1.807) is 0 Å². The summed E-state index contributed by atoms with van der Waals surface area (Å²) in [7, 11) is 0. The van der Waals surface area contributed by atoms with Crippen LogP contribution in [0.3, 0.4) is 0 Å². The molecule has 0 atom stereocenters. The molecule has 0 aromatic rings. The van der Waals surface area contributed by atoms with Crippen LogP contribution in [0.2, 0.25) is 0 Å². The van der Waals surface area contributed by atoms with Crippen LogP contribution in [0, 0.1) is 0 Å². The van der Waals surface area contributed by atoms with Crippen LogP contribution < -0.4 is 0 Å². The van der Waals surface area contributed by atoms with E-state index in [-0.39, 0.29) is 11.9 Å². The quantitative estimate of drug-likeness (QED) is 0.627. The van der Waals surface area contributed by atoms with E-state index in [0.29, 0.717) is 5.05 Å². The largest absolute Gasteiger partial charge is 0.484 e. The fraction of sp³-hybridized carbons (Fsp3) is 0.900. The molecule has 3 nitrogen and oxygen atoms in total. The molecule has 0 bridgehead atoms. The predicted octanol–water partition coefficient (Wildman–Crippen LogP) is 2.04. The predicted molar refractivity (Wildman–Crippen MR) is 56.2 cm³/mol. The fourth-order valence-corrected chi connectivity index (χ4v) is 2.31. The van der Waals surface area contributed by atoms with Gasteiger partial charge >= 0.3 is 0 Å². The van der Waals surface area contributed by atoms with Gasteiger partial charge in [-0.2, -0.15) is 0 Å². The molecule has 1 saturated carbocycles. The second-order valence-electron chi connectivity index (χ2n) is 3.92. The Balaban J connectivity index is 1.82. The first-order valence-corrected chi connectivity index (χ1v) is 5.56. The van der Waals surface area contributed by atoms with Gasteiger partial charge in [-0.25, -0.2) is 0 Å². The van der Waals surface area contributed by atoms with E-state index >= 15 is 0 Å². The molecule has 0 amide bonds. The van der Waals surface area contributed by atoms with Crippen LogP contribution in [0.5, 0.6) is 0 Å². The Labute approximate surface area is 89.7 Å². The number of rotatable bonds is 1. The lowest BCUT2D eigenvalue weighted by atomic mass is 9.92. The summed E-state index contributed by atoms with van der Waals surface area (Å²) in [5.74, 6) is -0.283. The Morgan fingerprint density at radius 2 is 1.86 bits per heavy atom. The highest BCUT2D eigenvalue weighted by Crippen LogP contribution is 2.36. The van der Waals surface area contributed by atoms with Crippen molar-refractivity contribution in [3.05, 3.63) is 0 Å². The Morgan fingerprint density at radius 1 is 1.29 bits per heavy atom. The van der Waals surface area contributed by atoms with Crippen LogP contribution in [0.4, 0.5) is 0 Å². The lowest BCUT2D eigenvalue weighted by molar-refractivity contribution is -0.186. The monoisotopic (exact) mass is 216 g/mol. The molecule has 0 aromatic carbocycles. The molecule has 2 aliphatic rings. The van der Waals surface area contributed by atoms with Gasteiger partial charge in [0.05, 0.1) is 19.3 Å². The minimum absolute atomic E-state index is 0.269. The maximum absolute atomic E-state index is 5.62. The van der Waals surface area contributed by atoms with Crippen molar-refractivity contribution in [1.82, 2.24) is 0 Å². The maximum atomic E-state index is 5.62. The molecule has 1 heterocycles. The summed E-state index contributed by atoms with van der Waals surface area (Å²) in [5.41, 5.74) is 0. The fourth-order valence-electron chi connectivity index (χ4n) is 2.17. The third-order valence-corrected chi connectivity index (χ3v) is 2.94. The summed E-state index contributed by atoms with van der Waals surface area (Å²) in [4.78, 5) is 0. The Bertz CT molecular complexity index is 213. The first-order valence-electron chi connectivity index (χ1n) is 5.15. The topological polar surface area (TPSA) is 27.7 Å². The average Bonchev–Trinajstić information content (AvgIpc) is 2.58. The van der Waals surface area contributed by atoms with Gasteiger partial charge < -0.3 is 14.2 Å². The average molecular weight is 216 g/mol. The number of hydrogen-bond donors (Lipinski definition) is 0. The Morgan fingerprint density at radius 3 is 2.36 bits per heavy atom. The molecule has 0 aromatic heterocycles. The molecule has 0 radical (unpaired) electrons. The summed E-state index contributed by atoms with van der Waals surface area (Å²) < 4.78 is 16.8. The van der Waals surface area contributed by atoms with E-state index in [9.17, 15) is 0 Å². The van der Waals surface area contributed by atoms with Gasteiger partial charge in [0, 0.05) is 19.8 Å². The van der Waals surface area contributed by atoms with E-state index in [2.05, 4.69) is 0 Å². The molecule has 80 valence electrons. The van der Waals surface area contributed by atoms with E-state index < -0.39 is 0 Å². The highest BCUT2D eigenvalue weighted by atomic mass is 32.1. The Hall–Kier alpha value is -0.190. The van der Waals surface area contributed by atoms with E-state index in [4.69, 9.17) is 26.4 Å². The van der Waals surface area contributed by atoms with Crippen molar-refractivity contribution in [2.45, 2.75) is 44.5 Å². The molecule has 0 unspecified atom stereocenters. The summed E-state index contributed by atoms with van der Waals surface area (Å²) in [6, 6.07) is 0. The maximum Gasteiger partial charge on any atom is 0.168 e. The molecule has 2 fully saturated rings. The molecule has 4 heteroatoms. The molecule has 1 aliphatic carbocycles. The zero-order valence-electron chi connectivity index (χ0n) is 8.45. The van der Waals surface area contributed by atoms with Crippen molar-refractivity contribution in [2.24, 2.45) is 0 Å². The first-order chi connectivity index (χ1) is 6.70. The van der Waals surface area contributed by atoms with Gasteiger partial charge in [0.25, 0.3) is 0 Å². The van der Waals surface area contributed by atoms with Gasteiger partial charge in [-0.15, -0.1) is 0 Å². The second kappa shape index (κ2) is 4.13. The first kappa shape index (κ1) is 10.3. The van der Waals surface area contributed by atoms with Crippen molar-refractivity contribution in [2.75, 3.05) is 13.2 Å². The minimum Gasteiger partial charge on any atom is -0.484 e. The lowest BCUT2D eigenvalue weighted by Gasteiger charge is -2.35. The summed E-state index contributed by atoms with van der Waals surface area (Å²) in [6.07, 6.45) is 4.09. The molecule has 1 saturated heterocycles. The van der Waals surface area contributed by atoms with Crippen LogP contribution in [0.25, 0.3) is 0 Å². The van der Waals surface area contributed by atoms with Gasteiger partial charge in [-0.05, 0) is 25.1 Å². The second-order valence-corrected chi connectivity index (χ2v) is 4.49. The third-order valence-electron chi connectivity index (χ3n) is 2.84. The van der Waals surface area contributed by atoms with Gasteiger partial charge in [0.1, 0.15) is 0 Å². The highest BCUT2D eigenvalue weighted by Gasteiger charge is 2.40. The molecule has 1 aliphatic heterocycles. The molecule has 2 rings (SSSR count). The van der Waals surface area contributed by atoms with Gasteiger partial charge in [-0.1, -0.05) is 0 Å². The smallest absolute Gasteiger partial charge is 0.168 e. The van der Waals surface area contributed by atoms with Gasteiger partial charge in [0.2, 0.25) is 0 Å². The molecular formula is C10H16O3S. The van der Waals surface area contributed by atoms with Crippen molar-refractivity contribution >= 4 is 17.3 Å². The summed E-state index contributed by atoms with van der Waals surface area (Å²) >= 11 is 4.92. The molecule has 1 spiro atoms. The number of thiocarbonyl (C=S) groups is 1. The summed E-state index contributed by atoms with van der Waals surface area (Å²) in [5, 5.41) is 0.638. The Kier molecular flexibility index (Phi) is 3.04. The third kappa shape index (κ3) is 2.24. The van der Waals surface area contributed by atoms with Crippen LogP contribution in [0.1, 0.15) is 32.6 Å². The van der Waals surface area contributed by atoms with Crippen LogP contribution in [-0.2, 0) is 14.2 Å². The van der Waals surface area contributed by atoms with Crippen LogP contribution >= 0.6 is 12.2 Å². The lowest BCUT2D eigenvalue weighted by Crippen LogP contribution is -2.37. The molecule has 14 heavy (non-hydrogen) atoms. The van der Waals surface area contributed by atoms with Crippen molar-refractivity contribution in [3.63, 3.8) is 0 Å². The van der Waals surface area contributed by atoms with Gasteiger partial charge in [0.15, 0.2) is 10.8 Å². The minimum atomic E-state index is -0.283. The SMILES string of the molecule is CC(=S)OC1CCC2(CC1)OCCO2. The zero-order chi connectivity index (χ0) is 10.0. The van der Waals surface area contributed by atoms with E-state index in [1.165, 1.54) is 0 Å². The standard InChI is InChI=1S/C10H16O3S/c1-8(14)13-9-2-4-10(5-3-9)11-6-7-12-10/h9H,2-7H2,1H3. The van der Waals surface area contributed by atoms with Gasteiger partial charge in [-0.3, -0.25) is 0 Å². The van der Waals surface area contributed by atoms with Crippen molar-refractivity contribution in [1.29, 1.82) is 0 Å². The van der Waals surface area contributed by atoms with Crippen LogP contribution in [0.15, 0.2) is 0 Å². The van der Waals surface area contributed by atoms with Crippen molar-refractivity contribution < 1.29 is 14.2 Å². The number of hydrogen-bond acceptors (Lipinski definition) is 4. The van der Waals surface area contributed by atoms with E-state index in [0.717, 1.165) is 38.9 Å².